The summed E-state index contributed by atoms with van der Waals surface area (Å²) in [5, 5.41) is 10.2. The van der Waals surface area contributed by atoms with Crippen molar-refractivity contribution in [3.8, 4) is 5.75 Å². The Morgan fingerprint density at radius 3 is 2.21 bits per heavy atom. The van der Waals surface area contributed by atoms with Crippen LogP contribution in [0.4, 0.5) is 5.69 Å². The number of rotatable bonds is 9. The molecule has 3 atom stereocenters. The Bertz CT molecular complexity index is 2060. The van der Waals surface area contributed by atoms with E-state index in [0.717, 1.165) is 55.3 Å². The molecule has 0 aromatic heterocycles. The molecule has 3 fully saturated rings. The number of hydrogen-bond acceptors (Lipinski definition) is 6. The monoisotopic (exact) mass is 749 g/mol. The van der Waals surface area contributed by atoms with Gasteiger partial charge in [0, 0.05) is 49.8 Å². The number of hydrogen-bond donors (Lipinski definition) is 1. The molecule has 1 N–H and O–H groups in total. The van der Waals surface area contributed by atoms with Crippen molar-refractivity contribution in [2.75, 3.05) is 37.6 Å². The number of ketones is 2. The van der Waals surface area contributed by atoms with E-state index in [9.17, 15) is 19.5 Å². The van der Waals surface area contributed by atoms with E-state index in [1.165, 1.54) is 85.2 Å². The Balaban J connectivity index is 0.738. The predicted octanol–water partition coefficient (Wildman–Crippen LogP) is 8.46. The number of aryl methyl sites for hydroxylation is 2. The summed E-state index contributed by atoms with van der Waals surface area (Å²) in [7, 11) is 0. The zero-order valence-electron chi connectivity index (χ0n) is 32.6. The van der Waals surface area contributed by atoms with Crippen LogP contribution in [-0.2, 0) is 29.0 Å². The summed E-state index contributed by atoms with van der Waals surface area (Å²) in [6, 6.07) is 32.1. The topological polar surface area (TPSA) is 81.2 Å². The second kappa shape index (κ2) is 16.0. The fourth-order valence-corrected chi connectivity index (χ4v) is 10.7. The highest BCUT2D eigenvalue weighted by Crippen LogP contribution is 2.47. The molecule has 3 heterocycles. The van der Waals surface area contributed by atoms with Crippen molar-refractivity contribution in [2.45, 2.75) is 95.1 Å². The molecular weight excluding hydrogens is 695 g/mol. The minimum Gasteiger partial charge on any atom is -0.508 e. The van der Waals surface area contributed by atoms with Crippen LogP contribution in [0.1, 0.15) is 113 Å². The summed E-state index contributed by atoms with van der Waals surface area (Å²) in [5.74, 6) is 2.36. The minimum atomic E-state index is -0.454. The molecule has 1 saturated carbocycles. The van der Waals surface area contributed by atoms with Crippen LogP contribution in [-0.4, -0.2) is 71.1 Å². The molecule has 2 saturated heterocycles. The number of carbonyl (C=O) groups excluding carboxylic acids is 3. The number of fused-ring (bicyclic) bond motifs is 2. The number of phenols is 1. The molecule has 1 amide bonds. The molecule has 0 spiro atoms. The molecule has 2 aliphatic carbocycles. The summed E-state index contributed by atoms with van der Waals surface area (Å²) in [6.45, 7) is 6.29. The van der Waals surface area contributed by atoms with Gasteiger partial charge in [0.25, 0.3) is 5.91 Å². The van der Waals surface area contributed by atoms with E-state index in [0.29, 0.717) is 31.1 Å². The van der Waals surface area contributed by atoms with Gasteiger partial charge in [0.15, 0.2) is 5.78 Å². The van der Waals surface area contributed by atoms with Crippen LogP contribution in [0.15, 0.2) is 91.0 Å². The van der Waals surface area contributed by atoms with E-state index in [4.69, 9.17) is 0 Å². The highest BCUT2D eigenvalue weighted by Gasteiger charge is 2.39. The second-order valence-corrected chi connectivity index (χ2v) is 17.4. The molecule has 0 bridgehead atoms. The molecule has 7 heteroatoms. The number of Topliss-reactive ketones (excluding diaryl/α,β-unsaturated/α-hetero) is 2. The molecule has 9 rings (SSSR count). The molecule has 5 aliphatic rings. The predicted molar refractivity (Wildman–Crippen MR) is 220 cm³/mol. The lowest BCUT2D eigenvalue weighted by molar-refractivity contribution is -0.133. The smallest absolute Gasteiger partial charge is 0.255 e. The van der Waals surface area contributed by atoms with Gasteiger partial charge in [-0.3, -0.25) is 14.4 Å². The van der Waals surface area contributed by atoms with Crippen molar-refractivity contribution in [1.29, 1.82) is 0 Å². The number of carbonyl (C=O) groups is 3. The largest absolute Gasteiger partial charge is 0.508 e. The van der Waals surface area contributed by atoms with Gasteiger partial charge >= 0.3 is 0 Å². The molecule has 1 unspecified atom stereocenters. The van der Waals surface area contributed by atoms with E-state index in [1.807, 2.05) is 18.2 Å². The normalized spacial score (nSPS) is 23.7. The van der Waals surface area contributed by atoms with Crippen molar-refractivity contribution in [1.82, 2.24) is 9.80 Å². The third-order valence-corrected chi connectivity index (χ3v) is 13.9. The molecular formula is C49H55N3O4. The zero-order valence-corrected chi connectivity index (χ0v) is 32.6. The van der Waals surface area contributed by atoms with Gasteiger partial charge in [-0.2, -0.15) is 0 Å². The summed E-state index contributed by atoms with van der Waals surface area (Å²) in [6.07, 6.45) is 10.1. The Kier molecular flexibility index (Phi) is 10.5. The van der Waals surface area contributed by atoms with Gasteiger partial charge in [-0.05, 0) is 152 Å². The zero-order chi connectivity index (χ0) is 38.2. The Hall–Kier alpha value is -4.75. The number of amides is 1. The van der Waals surface area contributed by atoms with Crippen LogP contribution in [0.3, 0.4) is 0 Å². The van der Waals surface area contributed by atoms with E-state index < -0.39 is 6.04 Å². The molecule has 0 radical (unpaired) electrons. The third kappa shape index (κ3) is 7.67. The van der Waals surface area contributed by atoms with Crippen LogP contribution in [0, 0.1) is 11.8 Å². The number of nitrogens with zero attached hydrogens (tertiary/aromatic N) is 3. The van der Waals surface area contributed by atoms with Crippen molar-refractivity contribution >= 4 is 23.2 Å². The van der Waals surface area contributed by atoms with Gasteiger partial charge in [-0.15, -0.1) is 0 Å². The molecule has 4 aromatic carbocycles. The van der Waals surface area contributed by atoms with Gasteiger partial charge in [0.05, 0.1) is 12.5 Å². The number of likely N-dealkylation sites (tertiary alicyclic amines) is 1. The number of aromatic hydroxyl groups is 1. The van der Waals surface area contributed by atoms with Gasteiger partial charge in [-0.25, -0.2) is 0 Å². The lowest BCUT2D eigenvalue weighted by atomic mass is 9.69. The summed E-state index contributed by atoms with van der Waals surface area (Å²) in [4.78, 5) is 44.4. The quantitative estimate of drug-likeness (QED) is 0.173. The highest BCUT2D eigenvalue weighted by molar-refractivity contribution is 6.07. The van der Waals surface area contributed by atoms with Crippen LogP contribution in [0.2, 0.25) is 0 Å². The van der Waals surface area contributed by atoms with E-state index in [1.54, 1.807) is 4.90 Å². The second-order valence-electron chi connectivity index (χ2n) is 17.4. The van der Waals surface area contributed by atoms with Gasteiger partial charge in [0.1, 0.15) is 11.5 Å². The van der Waals surface area contributed by atoms with E-state index >= 15 is 0 Å². The Labute approximate surface area is 331 Å². The minimum absolute atomic E-state index is 0.00823. The highest BCUT2D eigenvalue weighted by atomic mass is 16.3. The first-order chi connectivity index (χ1) is 27.4. The van der Waals surface area contributed by atoms with Crippen molar-refractivity contribution in [2.24, 2.45) is 11.8 Å². The molecule has 3 aliphatic heterocycles. The first-order valence-corrected chi connectivity index (χ1v) is 21.3. The Morgan fingerprint density at radius 1 is 0.679 bits per heavy atom. The fourth-order valence-electron chi connectivity index (χ4n) is 10.7. The van der Waals surface area contributed by atoms with Crippen LogP contribution in [0.5, 0.6) is 5.75 Å². The molecule has 56 heavy (non-hydrogen) atoms. The third-order valence-electron chi connectivity index (χ3n) is 13.9. The molecule has 7 nitrogen and oxygen atoms in total. The number of phenolic OH excluding ortho intramolecular Hbond substituents is 1. The van der Waals surface area contributed by atoms with E-state index in [2.05, 4.69) is 82.6 Å². The number of piperidine rings is 2. The SMILES string of the molecule is O=C1CCC(N2Cc3cc(CCC4CCN(CC5CCN(c6ccc([C@@H]7c8ccc(O)cc8CC[C@@H]7c7ccccc7)cc6)CC5)CC4)ccc3C2=O)C(=O)C1. The van der Waals surface area contributed by atoms with Gasteiger partial charge < -0.3 is 19.8 Å². The Morgan fingerprint density at radius 2 is 1.45 bits per heavy atom. The van der Waals surface area contributed by atoms with Crippen LogP contribution >= 0.6 is 0 Å². The van der Waals surface area contributed by atoms with Gasteiger partial charge in [-0.1, -0.05) is 60.7 Å². The summed E-state index contributed by atoms with van der Waals surface area (Å²) >= 11 is 0. The van der Waals surface area contributed by atoms with Gasteiger partial charge in [0.2, 0.25) is 0 Å². The van der Waals surface area contributed by atoms with Crippen molar-refractivity contribution in [3.63, 3.8) is 0 Å². The molecule has 4 aromatic rings. The van der Waals surface area contributed by atoms with Crippen molar-refractivity contribution < 1.29 is 19.5 Å². The average Bonchev–Trinajstić information content (AvgIpc) is 3.55. The summed E-state index contributed by atoms with van der Waals surface area (Å²) in [5.41, 5.74) is 9.73. The van der Waals surface area contributed by atoms with Crippen LogP contribution < -0.4 is 4.90 Å². The van der Waals surface area contributed by atoms with Crippen LogP contribution in [0.25, 0.3) is 0 Å². The number of anilines is 1. The maximum Gasteiger partial charge on any atom is 0.255 e. The first kappa shape index (κ1) is 36.9. The lowest BCUT2D eigenvalue weighted by Gasteiger charge is -2.38. The fraction of sp³-hybridized carbons (Fsp3) is 0.449. The molecule has 290 valence electrons. The summed E-state index contributed by atoms with van der Waals surface area (Å²) < 4.78 is 0. The maximum atomic E-state index is 13.1. The van der Waals surface area contributed by atoms with E-state index in [-0.39, 0.29) is 29.8 Å². The van der Waals surface area contributed by atoms with Crippen molar-refractivity contribution in [3.05, 3.63) is 130 Å². The number of benzene rings is 4. The average molecular weight is 750 g/mol. The first-order valence-electron chi connectivity index (χ1n) is 21.3. The standard InChI is InChI=1S/C49H55N3O4/c53-41-14-18-44-38(29-41)11-17-43(36-4-2-1-3-5-36)48(44)37-9-12-40(13-10-37)51-26-22-35(23-27-51)31-50-24-20-33(21-25-50)6-7-34-8-16-45-39(28-34)32-52(49(45)56)46-19-15-42(54)30-47(46)55/h1-5,8-10,12-14,16,18,28-29,33,35,43,46,48,53H,6-7,11,15,17,19-27,30-32H2/t43-,46?,48+/m1/s1. The maximum absolute atomic E-state index is 13.1. The lowest BCUT2D eigenvalue weighted by Crippen LogP contribution is -2.44.